The number of nitrogens with one attached hydrogen (secondary N) is 1. The van der Waals surface area contributed by atoms with Crippen molar-refractivity contribution in [2.75, 3.05) is 11.1 Å². The second kappa shape index (κ2) is 9.17. The van der Waals surface area contributed by atoms with E-state index >= 15 is 0 Å². The van der Waals surface area contributed by atoms with Gasteiger partial charge in [-0.05, 0) is 25.5 Å². The summed E-state index contributed by atoms with van der Waals surface area (Å²) in [5.74, 6) is -0.0766. The highest BCUT2D eigenvalue weighted by Gasteiger charge is 2.31. The van der Waals surface area contributed by atoms with E-state index in [4.69, 9.17) is 10.3 Å². The number of nitrogens with zero attached hydrogens (tertiary/aromatic N) is 8. The van der Waals surface area contributed by atoms with Crippen molar-refractivity contribution >= 4 is 17.4 Å². The summed E-state index contributed by atoms with van der Waals surface area (Å²) in [6.07, 6.45) is 10.2. The summed E-state index contributed by atoms with van der Waals surface area (Å²) >= 11 is 0. The van der Waals surface area contributed by atoms with Crippen molar-refractivity contribution in [3.8, 4) is 22.9 Å². The molecule has 5 rings (SSSR count). The molecule has 0 bridgehead atoms. The normalized spacial score (nSPS) is 15.6. The van der Waals surface area contributed by atoms with E-state index in [9.17, 15) is 9.18 Å². The van der Waals surface area contributed by atoms with E-state index in [0.29, 0.717) is 29.1 Å². The number of amides is 1. The van der Waals surface area contributed by atoms with Crippen LogP contribution in [-0.2, 0) is 16.9 Å². The highest BCUT2D eigenvalue weighted by Crippen LogP contribution is 2.28. The summed E-state index contributed by atoms with van der Waals surface area (Å²) in [6.45, 7) is 3.61. The fourth-order valence-corrected chi connectivity index (χ4v) is 3.66. The fourth-order valence-electron chi connectivity index (χ4n) is 3.66. The van der Waals surface area contributed by atoms with Crippen molar-refractivity contribution < 1.29 is 13.7 Å². The molecule has 0 spiro atoms. The Balaban J connectivity index is 1.42. The zero-order valence-corrected chi connectivity index (χ0v) is 19.5. The zero-order chi connectivity index (χ0) is 25.3. The molecule has 0 saturated carbocycles. The number of halogens is 1. The van der Waals surface area contributed by atoms with Gasteiger partial charge in [0.15, 0.2) is 11.6 Å². The third kappa shape index (κ3) is 4.37. The van der Waals surface area contributed by atoms with Crippen molar-refractivity contribution in [2.45, 2.75) is 38.5 Å². The number of allylic oxidation sites excluding steroid dienone is 4. The van der Waals surface area contributed by atoms with Gasteiger partial charge in [0.25, 0.3) is 5.91 Å². The van der Waals surface area contributed by atoms with E-state index < -0.39 is 11.7 Å². The first-order chi connectivity index (χ1) is 17.3. The van der Waals surface area contributed by atoms with Crippen LogP contribution in [-0.4, -0.2) is 51.7 Å². The molecule has 1 aliphatic rings. The molecular formula is C23H23FN10O2. The standard InChI is InChI=1S/C23H23FN10O2/c1-23(2,34-13-26-12-28-34)22(35)29-18-10-27-21(30-20(18)25)17-9-19(16-7-8-36-32-16)33(31-17)11-14-5-3-4-6-15(14)24/h3-5,7-10,12-13,15H,6,11H2,1-2H3,(H,29,35)(H2,25,27,30). The third-order valence-electron chi connectivity index (χ3n) is 5.85. The van der Waals surface area contributed by atoms with Crippen LogP contribution in [0.25, 0.3) is 22.9 Å². The number of carbonyl (C=O) groups excluding carboxylic acids is 1. The molecule has 1 atom stereocenters. The molecule has 0 aromatic carbocycles. The molecule has 4 aromatic heterocycles. The van der Waals surface area contributed by atoms with Crippen LogP contribution >= 0.6 is 0 Å². The molecule has 4 aromatic rings. The topological polar surface area (TPSA) is 155 Å². The second-order valence-corrected chi connectivity index (χ2v) is 8.68. The molecule has 1 amide bonds. The fraction of sp³-hybridized carbons (Fsp3) is 0.261. The van der Waals surface area contributed by atoms with Gasteiger partial charge in [-0.1, -0.05) is 23.4 Å². The number of anilines is 2. The Kier molecular flexibility index (Phi) is 5.88. The number of hydrogen-bond donors (Lipinski definition) is 2. The van der Waals surface area contributed by atoms with Crippen molar-refractivity contribution in [2.24, 2.45) is 0 Å². The van der Waals surface area contributed by atoms with Crippen LogP contribution in [0.4, 0.5) is 15.9 Å². The van der Waals surface area contributed by atoms with Crippen molar-refractivity contribution in [1.82, 2.24) is 39.7 Å². The molecule has 1 unspecified atom stereocenters. The zero-order valence-electron chi connectivity index (χ0n) is 19.5. The maximum Gasteiger partial charge on any atom is 0.251 e. The average Bonchev–Trinajstić information content (AvgIpc) is 3.64. The maximum absolute atomic E-state index is 14.4. The van der Waals surface area contributed by atoms with Crippen molar-refractivity contribution in [3.63, 3.8) is 0 Å². The van der Waals surface area contributed by atoms with Crippen LogP contribution in [0.2, 0.25) is 0 Å². The number of alkyl halides is 1. The Morgan fingerprint density at radius 3 is 2.92 bits per heavy atom. The highest BCUT2D eigenvalue weighted by atomic mass is 19.1. The van der Waals surface area contributed by atoms with Gasteiger partial charge < -0.3 is 15.6 Å². The lowest BCUT2D eigenvalue weighted by molar-refractivity contribution is -0.123. The molecule has 0 radical (unpaired) electrons. The smallest absolute Gasteiger partial charge is 0.251 e. The molecule has 4 heterocycles. The quantitative estimate of drug-likeness (QED) is 0.398. The van der Waals surface area contributed by atoms with Gasteiger partial charge in [0, 0.05) is 12.5 Å². The Hall–Kier alpha value is -4.68. The van der Waals surface area contributed by atoms with Gasteiger partial charge in [-0.3, -0.25) is 9.48 Å². The van der Waals surface area contributed by atoms with Crippen LogP contribution in [0.15, 0.2) is 65.6 Å². The Morgan fingerprint density at radius 1 is 1.36 bits per heavy atom. The van der Waals surface area contributed by atoms with Gasteiger partial charge in [0.2, 0.25) is 0 Å². The van der Waals surface area contributed by atoms with E-state index in [1.165, 1.54) is 29.8 Å². The maximum atomic E-state index is 14.4. The SMILES string of the molecule is CC(C)(C(=O)Nc1cnc(-c2cc(-c3ccon3)n(CC3=CC=CCC3F)n2)nc1N)n1cncn1. The molecule has 184 valence electrons. The first kappa shape index (κ1) is 23.1. The Bertz CT molecular complexity index is 1440. The van der Waals surface area contributed by atoms with Crippen molar-refractivity contribution in [1.29, 1.82) is 0 Å². The van der Waals surface area contributed by atoms with Crippen LogP contribution in [0.3, 0.4) is 0 Å². The number of nitrogen functional groups attached to an aromatic ring is 1. The van der Waals surface area contributed by atoms with E-state index in [0.717, 1.165) is 0 Å². The summed E-state index contributed by atoms with van der Waals surface area (Å²) in [5.41, 5.74) is 7.50. The third-order valence-corrected chi connectivity index (χ3v) is 5.85. The number of aromatic nitrogens is 8. The Labute approximate surface area is 204 Å². The van der Waals surface area contributed by atoms with Gasteiger partial charge in [0.05, 0.1) is 18.4 Å². The predicted molar refractivity (Wildman–Crippen MR) is 128 cm³/mol. The van der Waals surface area contributed by atoms with Crippen LogP contribution in [0, 0.1) is 0 Å². The summed E-state index contributed by atoms with van der Waals surface area (Å²) in [6, 6.07) is 3.41. The molecule has 0 saturated heterocycles. The number of carbonyl (C=O) groups is 1. The van der Waals surface area contributed by atoms with E-state index in [-0.39, 0.29) is 29.8 Å². The number of hydrogen-bond acceptors (Lipinski definition) is 9. The van der Waals surface area contributed by atoms with Gasteiger partial charge in [-0.15, -0.1) is 0 Å². The van der Waals surface area contributed by atoms with Gasteiger partial charge in [-0.25, -0.2) is 24.0 Å². The van der Waals surface area contributed by atoms with E-state index in [1.54, 1.807) is 42.8 Å². The molecular weight excluding hydrogens is 467 g/mol. The highest BCUT2D eigenvalue weighted by molar-refractivity contribution is 5.97. The summed E-state index contributed by atoms with van der Waals surface area (Å²) < 4.78 is 22.5. The lowest BCUT2D eigenvalue weighted by Crippen LogP contribution is -2.40. The van der Waals surface area contributed by atoms with E-state index in [2.05, 4.69) is 35.6 Å². The first-order valence-electron chi connectivity index (χ1n) is 11.1. The molecule has 0 fully saturated rings. The molecule has 13 heteroatoms. The number of nitrogens with two attached hydrogens (primary N) is 1. The van der Waals surface area contributed by atoms with Crippen LogP contribution in [0.1, 0.15) is 20.3 Å². The summed E-state index contributed by atoms with van der Waals surface area (Å²) in [5, 5.41) is 15.3. The minimum Gasteiger partial charge on any atom is -0.382 e. The van der Waals surface area contributed by atoms with Crippen LogP contribution in [0.5, 0.6) is 0 Å². The van der Waals surface area contributed by atoms with Crippen molar-refractivity contribution in [3.05, 3.63) is 61.0 Å². The molecule has 36 heavy (non-hydrogen) atoms. The van der Waals surface area contributed by atoms with Gasteiger partial charge in [0.1, 0.15) is 47.7 Å². The molecule has 12 nitrogen and oxygen atoms in total. The lowest BCUT2D eigenvalue weighted by Gasteiger charge is -2.23. The summed E-state index contributed by atoms with van der Waals surface area (Å²) in [7, 11) is 0. The second-order valence-electron chi connectivity index (χ2n) is 8.68. The molecule has 1 aliphatic carbocycles. The van der Waals surface area contributed by atoms with Crippen LogP contribution < -0.4 is 11.1 Å². The lowest BCUT2D eigenvalue weighted by atomic mass is 10.0. The summed E-state index contributed by atoms with van der Waals surface area (Å²) in [4.78, 5) is 25.4. The average molecular weight is 491 g/mol. The van der Waals surface area contributed by atoms with Gasteiger partial charge >= 0.3 is 0 Å². The Morgan fingerprint density at radius 2 is 2.22 bits per heavy atom. The minimum atomic E-state index is -1.09. The monoisotopic (exact) mass is 490 g/mol. The minimum absolute atomic E-state index is 0.0595. The largest absolute Gasteiger partial charge is 0.382 e. The van der Waals surface area contributed by atoms with E-state index in [1.807, 2.05) is 6.08 Å². The predicted octanol–water partition coefficient (Wildman–Crippen LogP) is 2.77. The van der Waals surface area contributed by atoms with Gasteiger partial charge in [-0.2, -0.15) is 10.2 Å². The number of rotatable bonds is 7. The first-order valence-corrected chi connectivity index (χ1v) is 11.1. The molecule has 3 N–H and O–H groups in total. The molecule has 0 aliphatic heterocycles.